The third kappa shape index (κ3) is 5.60. The molecule has 0 radical (unpaired) electrons. The number of nitrogens with one attached hydrogen (secondary N) is 2. The first-order valence-electron chi connectivity index (χ1n) is 8.87. The topological polar surface area (TPSA) is 70.7 Å². The van der Waals surface area contributed by atoms with Gasteiger partial charge in [0.25, 0.3) is 11.8 Å². The number of anilines is 1. The summed E-state index contributed by atoms with van der Waals surface area (Å²) < 4.78 is 18.5. The maximum atomic E-state index is 13.2. The second-order valence-electron chi connectivity index (χ2n) is 6.26. The number of hydrogen-bond donors (Lipinski definition) is 2. The van der Waals surface area contributed by atoms with E-state index in [4.69, 9.17) is 4.74 Å². The summed E-state index contributed by atoms with van der Waals surface area (Å²) >= 11 is 0. The predicted molar refractivity (Wildman–Crippen MR) is 100 cm³/mol. The smallest absolute Gasteiger partial charge is 0.255 e. The van der Waals surface area contributed by atoms with Crippen LogP contribution >= 0.6 is 0 Å². The summed E-state index contributed by atoms with van der Waals surface area (Å²) in [6.07, 6.45) is 0. The molecule has 2 N–H and O–H groups in total. The Balaban J connectivity index is 1.55. The van der Waals surface area contributed by atoms with Gasteiger partial charge < -0.3 is 15.4 Å². The average molecular weight is 371 g/mol. The van der Waals surface area contributed by atoms with Crippen LogP contribution in [0.15, 0.2) is 48.5 Å². The van der Waals surface area contributed by atoms with Crippen LogP contribution in [0.5, 0.6) is 0 Å². The van der Waals surface area contributed by atoms with Gasteiger partial charge in [0.2, 0.25) is 0 Å². The van der Waals surface area contributed by atoms with Gasteiger partial charge in [0.05, 0.1) is 13.2 Å². The van der Waals surface area contributed by atoms with E-state index < -0.39 is 11.7 Å². The Morgan fingerprint density at radius 3 is 2.44 bits per heavy atom. The van der Waals surface area contributed by atoms with Gasteiger partial charge in [0.1, 0.15) is 5.82 Å². The number of ether oxygens (including phenoxy) is 1. The van der Waals surface area contributed by atoms with Crippen molar-refractivity contribution in [2.45, 2.75) is 0 Å². The highest BCUT2D eigenvalue weighted by Crippen LogP contribution is 2.12. The van der Waals surface area contributed by atoms with E-state index in [0.717, 1.165) is 32.8 Å². The SMILES string of the molecule is O=C(NCCN1CCOCC1)c1cccc(C(=O)Nc2cccc(F)c2)c1. The van der Waals surface area contributed by atoms with Crippen molar-refractivity contribution in [3.05, 3.63) is 65.5 Å². The van der Waals surface area contributed by atoms with Gasteiger partial charge in [0.15, 0.2) is 0 Å². The van der Waals surface area contributed by atoms with Crippen molar-refractivity contribution in [3.63, 3.8) is 0 Å². The molecular formula is C20H22FN3O3. The first-order chi connectivity index (χ1) is 13.1. The number of hydrogen-bond acceptors (Lipinski definition) is 4. The molecule has 7 heteroatoms. The minimum atomic E-state index is -0.429. The summed E-state index contributed by atoms with van der Waals surface area (Å²) in [7, 11) is 0. The van der Waals surface area contributed by atoms with Crippen LogP contribution in [0.1, 0.15) is 20.7 Å². The Morgan fingerprint density at radius 2 is 1.70 bits per heavy atom. The molecule has 3 rings (SSSR count). The zero-order valence-electron chi connectivity index (χ0n) is 14.9. The molecule has 2 aromatic carbocycles. The fourth-order valence-corrected chi connectivity index (χ4v) is 2.83. The van der Waals surface area contributed by atoms with Gasteiger partial charge in [0, 0.05) is 43.0 Å². The summed E-state index contributed by atoms with van der Waals surface area (Å²) in [5.41, 5.74) is 1.10. The number of nitrogens with zero attached hydrogens (tertiary/aromatic N) is 1. The number of amides is 2. The van der Waals surface area contributed by atoms with Gasteiger partial charge in [-0.1, -0.05) is 12.1 Å². The molecule has 1 heterocycles. The third-order valence-corrected chi connectivity index (χ3v) is 4.29. The third-order valence-electron chi connectivity index (χ3n) is 4.29. The number of morpholine rings is 1. The van der Waals surface area contributed by atoms with Gasteiger partial charge in [-0.25, -0.2) is 4.39 Å². The first-order valence-corrected chi connectivity index (χ1v) is 8.87. The van der Waals surface area contributed by atoms with Crippen LogP contribution in [0, 0.1) is 5.82 Å². The highest BCUT2D eigenvalue weighted by Gasteiger charge is 2.13. The van der Waals surface area contributed by atoms with Crippen LogP contribution in [-0.4, -0.2) is 56.1 Å². The molecular weight excluding hydrogens is 349 g/mol. The van der Waals surface area contributed by atoms with Gasteiger partial charge in [-0.15, -0.1) is 0 Å². The van der Waals surface area contributed by atoms with E-state index in [0.29, 0.717) is 23.4 Å². The molecule has 2 amide bonds. The Hall–Kier alpha value is -2.77. The van der Waals surface area contributed by atoms with Gasteiger partial charge in [-0.3, -0.25) is 14.5 Å². The standard InChI is InChI=1S/C20H22FN3O3/c21-17-5-2-6-18(14-17)23-20(26)16-4-1-3-15(13-16)19(25)22-7-8-24-9-11-27-12-10-24/h1-6,13-14H,7-12H2,(H,22,25)(H,23,26). The normalized spacial score (nSPS) is 14.6. The molecule has 0 spiro atoms. The van der Waals surface area contributed by atoms with E-state index >= 15 is 0 Å². The van der Waals surface area contributed by atoms with Crippen molar-refractivity contribution < 1.29 is 18.7 Å². The van der Waals surface area contributed by atoms with Crippen LogP contribution in [0.3, 0.4) is 0 Å². The number of carbonyl (C=O) groups is 2. The minimum Gasteiger partial charge on any atom is -0.379 e. The fourth-order valence-electron chi connectivity index (χ4n) is 2.83. The zero-order chi connectivity index (χ0) is 19.1. The van der Waals surface area contributed by atoms with E-state index in [1.807, 2.05) is 0 Å². The van der Waals surface area contributed by atoms with Crippen molar-refractivity contribution in [2.75, 3.05) is 44.7 Å². The summed E-state index contributed by atoms with van der Waals surface area (Å²) in [5.74, 6) is -1.06. The van der Waals surface area contributed by atoms with Gasteiger partial charge in [-0.2, -0.15) is 0 Å². The predicted octanol–water partition coefficient (Wildman–Crippen LogP) is 2.14. The summed E-state index contributed by atoms with van der Waals surface area (Å²) in [6.45, 7) is 4.46. The van der Waals surface area contributed by atoms with Crippen LogP contribution in [0.2, 0.25) is 0 Å². The Bertz CT molecular complexity index is 807. The zero-order valence-corrected chi connectivity index (χ0v) is 14.9. The minimum absolute atomic E-state index is 0.233. The summed E-state index contributed by atoms with van der Waals surface area (Å²) in [6, 6.07) is 12.1. The van der Waals surface area contributed by atoms with Crippen molar-refractivity contribution >= 4 is 17.5 Å². The van der Waals surface area contributed by atoms with Gasteiger partial charge >= 0.3 is 0 Å². The maximum absolute atomic E-state index is 13.2. The van der Waals surface area contributed by atoms with E-state index in [-0.39, 0.29) is 5.91 Å². The lowest BCUT2D eigenvalue weighted by molar-refractivity contribution is 0.0383. The van der Waals surface area contributed by atoms with Crippen LogP contribution in [-0.2, 0) is 4.74 Å². The second-order valence-corrected chi connectivity index (χ2v) is 6.26. The number of rotatable bonds is 6. The first kappa shape index (κ1) is 19.0. The number of benzene rings is 2. The maximum Gasteiger partial charge on any atom is 0.255 e. The highest BCUT2D eigenvalue weighted by atomic mass is 19.1. The lowest BCUT2D eigenvalue weighted by Crippen LogP contribution is -2.41. The van der Waals surface area contributed by atoms with Crippen molar-refractivity contribution in [1.29, 1.82) is 0 Å². The quantitative estimate of drug-likeness (QED) is 0.816. The van der Waals surface area contributed by atoms with Crippen LogP contribution < -0.4 is 10.6 Å². The molecule has 6 nitrogen and oxygen atoms in total. The van der Waals surface area contributed by atoms with E-state index in [2.05, 4.69) is 15.5 Å². The molecule has 0 aromatic heterocycles. The lowest BCUT2D eigenvalue weighted by atomic mass is 10.1. The fraction of sp³-hybridized carbons (Fsp3) is 0.300. The highest BCUT2D eigenvalue weighted by molar-refractivity contribution is 6.06. The molecule has 1 fully saturated rings. The van der Waals surface area contributed by atoms with E-state index in [9.17, 15) is 14.0 Å². The molecule has 0 bridgehead atoms. The molecule has 1 aliphatic heterocycles. The molecule has 1 aliphatic rings. The van der Waals surface area contributed by atoms with Crippen LogP contribution in [0.25, 0.3) is 0 Å². The second kappa shape index (κ2) is 9.25. The molecule has 0 saturated carbocycles. The largest absolute Gasteiger partial charge is 0.379 e. The Morgan fingerprint density at radius 1 is 1.00 bits per heavy atom. The summed E-state index contributed by atoms with van der Waals surface area (Å²) in [5, 5.41) is 5.49. The van der Waals surface area contributed by atoms with Crippen molar-refractivity contribution in [1.82, 2.24) is 10.2 Å². The summed E-state index contributed by atoms with van der Waals surface area (Å²) in [4.78, 5) is 26.9. The Labute approximate surface area is 157 Å². The monoisotopic (exact) mass is 371 g/mol. The van der Waals surface area contributed by atoms with E-state index in [1.165, 1.54) is 24.3 Å². The Kier molecular flexibility index (Phi) is 6.51. The molecule has 0 unspecified atom stereocenters. The number of halogens is 1. The molecule has 0 atom stereocenters. The van der Waals surface area contributed by atoms with Crippen molar-refractivity contribution in [3.8, 4) is 0 Å². The molecule has 27 heavy (non-hydrogen) atoms. The molecule has 142 valence electrons. The molecule has 1 saturated heterocycles. The lowest BCUT2D eigenvalue weighted by Gasteiger charge is -2.26. The van der Waals surface area contributed by atoms with E-state index in [1.54, 1.807) is 24.3 Å². The molecule has 0 aliphatic carbocycles. The number of carbonyl (C=O) groups excluding carboxylic acids is 2. The van der Waals surface area contributed by atoms with Crippen LogP contribution in [0.4, 0.5) is 10.1 Å². The average Bonchev–Trinajstić information content (AvgIpc) is 2.69. The van der Waals surface area contributed by atoms with Gasteiger partial charge in [-0.05, 0) is 36.4 Å². The molecule has 2 aromatic rings. The van der Waals surface area contributed by atoms with Crippen molar-refractivity contribution in [2.24, 2.45) is 0 Å².